The smallest absolute Gasteiger partial charge is 0.328 e. The van der Waals surface area contributed by atoms with E-state index in [4.69, 9.17) is 4.74 Å². The zero-order valence-corrected chi connectivity index (χ0v) is 9.99. The fourth-order valence-electron chi connectivity index (χ4n) is 1.64. The summed E-state index contributed by atoms with van der Waals surface area (Å²) in [6, 6.07) is -0.571. The number of hydrogen-bond acceptors (Lipinski definition) is 4. The second kappa shape index (κ2) is 5.84. The Balaban J connectivity index is 2.53. The molecule has 0 spiro atoms. The van der Waals surface area contributed by atoms with E-state index in [1.165, 1.54) is 7.11 Å². The third-order valence-electron chi connectivity index (χ3n) is 2.72. The van der Waals surface area contributed by atoms with Crippen molar-refractivity contribution in [3.63, 3.8) is 0 Å². The number of hydrogen-bond donors (Lipinski definition) is 1. The summed E-state index contributed by atoms with van der Waals surface area (Å²) in [7, 11) is 1.32. The zero-order valence-electron chi connectivity index (χ0n) is 9.99. The van der Waals surface area contributed by atoms with Crippen LogP contribution in [-0.2, 0) is 19.1 Å². The van der Waals surface area contributed by atoms with E-state index in [0.29, 0.717) is 13.2 Å². The lowest BCUT2D eigenvalue weighted by Gasteiger charge is -2.21. The molecular formula is C11H19NO4. The first-order valence-electron chi connectivity index (χ1n) is 5.52. The van der Waals surface area contributed by atoms with E-state index in [9.17, 15) is 9.59 Å². The molecule has 0 unspecified atom stereocenters. The van der Waals surface area contributed by atoms with Gasteiger partial charge in [0.2, 0.25) is 5.91 Å². The quantitative estimate of drug-likeness (QED) is 0.706. The van der Waals surface area contributed by atoms with Crippen molar-refractivity contribution in [2.45, 2.75) is 26.3 Å². The number of methoxy groups -OCH3 is 1. The molecule has 92 valence electrons. The lowest BCUT2D eigenvalue weighted by molar-refractivity contribution is -0.146. The average Bonchev–Trinajstić information content (AvgIpc) is 2.77. The van der Waals surface area contributed by atoms with Crippen molar-refractivity contribution in [1.82, 2.24) is 5.32 Å². The maximum atomic E-state index is 11.8. The molecule has 1 fully saturated rings. The molecule has 16 heavy (non-hydrogen) atoms. The van der Waals surface area contributed by atoms with Crippen molar-refractivity contribution in [2.75, 3.05) is 20.3 Å². The van der Waals surface area contributed by atoms with E-state index >= 15 is 0 Å². The molecule has 1 aliphatic heterocycles. The summed E-state index contributed by atoms with van der Waals surface area (Å²) in [6.45, 7) is 4.79. The zero-order chi connectivity index (χ0) is 12.1. The Kier molecular flexibility index (Phi) is 4.73. The minimum Gasteiger partial charge on any atom is -0.467 e. The first-order chi connectivity index (χ1) is 7.56. The van der Waals surface area contributed by atoms with Gasteiger partial charge < -0.3 is 14.8 Å². The third kappa shape index (κ3) is 3.20. The van der Waals surface area contributed by atoms with Gasteiger partial charge in [-0.3, -0.25) is 4.79 Å². The Bertz CT molecular complexity index is 259. The molecule has 1 heterocycles. The number of esters is 1. The molecular weight excluding hydrogens is 210 g/mol. The van der Waals surface area contributed by atoms with Crippen molar-refractivity contribution in [3.8, 4) is 0 Å². The molecule has 1 amide bonds. The number of carbonyl (C=O) groups excluding carboxylic acids is 2. The van der Waals surface area contributed by atoms with E-state index < -0.39 is 12.0 Å². The van der Waals surface area contributed by atoms with Crippen LogP contribution in [0.2, 0.25) is 0 Å². The number of ether oxygens (including phenoxy) is 2. The minimum absolute atomic E-state index is 0.0127. The number of carbonyl (C=O) groups is 2. The molecule has 1 aliphatic rings. The molecule has 1 rings (SSSR count). The van der Waals surface area contributed by atoms with Crippen LogP contribution in [0, 0.1) is 11.8 Å². The molecule has 0 bridgehead atoms. The van der Waals surface area contributed by atoms with Crippen molar-refractivity contribution in [1.29, 1.82) is 0 Å². The summed E-state index contributed by atoms with van der Waals surface area (Å²) in [5.41, 5.74) is 0. The van der Waals surface area contributed by atoms with Gasteiger partial charge >= 0.3 is 5.97 Å². The minimum atomic E-state index is -0.571. The van der Waals surface area contributed by atoms with Gasteiger partial charge in [0.05, 0.1) is 19.6 Å². The molecule has 0 aromatic heterocycles. The first kappa shape index (κ1) is 13.0. The molecule has 1 N–H and O–H groups in total. The lowest BCUT2D eigenvalue weighted by atomic mass is 10.0. The van der Waals surface area contributed by atoms with Crippen LogP contribution in [0.25, 0.3) is 0 Å². The number of amides is 1. The van der Waals surface area contributed by atoms with Gasteiger partial charge in [-0.25, -0.2) is 4.79 Å². The van der Waals surface area contributed by atoms with Crippen molar-refractivity contribution in [2.24, 2.45) is 11.8 Å². The topological polar surface area (TPSA) is 64.6 Å². The van der Waals surface area contributed by atoms with Gasteiger partial charge in [0.15, 0.2) is 0 Å². The van der Waals surface area contributed by atoms with E-state index in [1.54, 1.807) is 0 Å². The standard InChI is InChI=1S/C11H19NO4/c1-7(2)9(11(14)15-3)12-10(13)8-4-5-16-6-8/h7-9H,4-6H2,1-3H3,(H,12,13)/t8-,9+/m1/s1. The molecule has 0 saturated carbocycles. The fourth-order valence-corrected chi connectivity index (χ4v) is 1.64. The fraction of sp³-hybridized carbons (Fsp3) is 0.818. The predicted molar refractivity (Wildman–Crippen MR) is 57.7 cm³/mol. The molecule has 5 heteroatoms. The van der Waals surface area contributed by atoms with Crippen molar-refractivity contribution < 1.29 is 19.1 Å². The summed E-state index contributed by atoms with van der Waals surface area (Å²) in [6.07, 6.45) is 0.720. The Labute approximate surface area is 95.5 Å². The number of rotatable bonds is 4. The van der Waals surface area contributed by atoms with Gasteiger partial charge in [0.25, 0.3) is 0 Å². The first-order valence-corrected chi connectivity index (χ1v) is 5.52. The molecule has 1 saturated heterocycles. The summed E-state index contributed by atoms with van der Waals surface area (Å²) in [5.74, 6) is -0.645. The lowest BCUT2D eigenvalue weighted by Crippen LogP contribution is -2.47. The van der Waals surface area contributed by atoms with E-state index in [1.807, 2.05) is 13.8 Å². The second-order valence-corrected chi connectivity index (χ2v) is 4.31. The summed E-state index contributed by atoms with van der Waals surface area (Å²) in [5, 5.41) is 2.72. The maximum absolute atomic E-state index is 11.8. The monoisotopic (exact) mass is 229 g/mol. The van der Waals surface area contributed by atoms with Crippen LogP contribution in [0.3, 0.4) is 0 Å². The SMILES string of the molecule is COC(=O)[C@@H](NC(=O)[C@@H]1CCOC1)C(C)C. The Morgan fingerprint density at radius 2 is 2.12 bits per heavy atom. The van der Waals surface area contributed by atoms with Gasteiger partial charge in [0, 0.05) is 6.61 Å². The van der Waals surface area contributed by atoms with Gasteiger partial charge in [-0.05, 0) is 12.3 Å². The molecule has 0 aromatic carbocycles. The summed E-state index contributed by atoms with van der Waals surface area (Å²) in [4.78, 5) is 23.2. The molecule has 0 aliphatic carbocycles. The molecule has 0 aromatic rings. The van der Waals surface area contributed by atoms with Crippen LogP contribution in [-0.4, -0.2) is 38.2 Å². The highest BCUT2D eigenvalue weighted by Gasteiger charge is 2.30. The van der Waals surface area contributed by atoms with E-state index in [0.717, 1.165) is 6.42 Å². The normalized spacial score (nSPS) is 21.9. The van der Waals surface area contributed by atoms with Crippen LogP contribution in [0.15, 0.2) is 0 Å². The van der Waals surface area contributed by atoms with E-state index in [-0.39, 0.29) is 17.7 Å². The van der Waals surface area contributed by atoms with Crippen LogP contribution >= 0.6 is 0 Å². The van der Waals surface area contributed by atoms with Crippen molar-refractivity contribution in [3.05, 3.63) is 0 Å². The van der Waals surface area contributed by atoms with Crippen LogP contribution in [0.5, 0.6) is 0 Å². The van der Waals surface area contributed by atoms with Crippen LogP contribution in [0.4, 0.5) is 0 Å². The van der Waals surface area contributed by atoms with Gasteiger partial charge in [-0.15, -0.1) is 0 Å². The van der Waals surface area contributed by atoms with Gasteiger partial charge in [-0.1, -0.05) is 13.8 Å². The second-order valence-electron chi connectivity index (χ2n) is 4.31. The Hall–Kier alpha value is -1.10. The molecule has 0 radical (unpaired) electrons. The highest BCUT2D eigenvalue weighted by molar-refractivity contribution is 5.86. The number of nitrogens with one attached hydrogen (secondary N) is 1. The average molecular weight is 229 g/mol. The summed E-state index contributed by atoms with van der Waals surface area (Å²) >= 11 is 0. The highest BCUT2D eigenvalue weighted by atomic mass is 16.5. The Morgan fingerprint density at radius 3 is 2.56 bits per heavy atom. The summed E-state index contributed by atoms with van der Waals surface area (Å²) < 4.78 is 9.78. The maximum Gasteiger partial charge on any atom is 0.328 e. The molecule has 2 atom stereocenters. The van der Waals surface area contributed by atoms with E-state index in [2.05, 4.69) is 10.1 Å². The largest absolute Gasteiger partial charge is 0.467 e. The van der Waals surface area contributed by atoms with Gasteiger partial charge in [-0.2, -0.15) is 0 Å². The van der Waals surface area contributed by atoms with Crippen molar-refractivity contribution >= 4 is 11.9 Å². The van der Waals surface area contributed by atoms with Crippen LogP contribution in [0.1, 0.15) is 20.3 Å². The Morgan fingerprint density at radius 1 is 1.44 bits per heavy atom. The third-order valence-corrected chi connectivity index (χ3v) is 2.72. The van der Waals surface area contributed by atoms with Crippen LogP contribution < -0.4 is 5.32 Å². The highest BCUT2D eigenvalue weighted by Crippen LogP contribution is 2.13. The van der Waals surface area contributed by atoms with Gasteiger partial charge in [0.1, 0.15) is 6.04 Å². The predicted octanol–water partition coefficient (Wildman–Crippen LogP) is 0.337. The molecule has 5 nitrogen and oxygen atoms in total.